The lowest BCUT2D eigenvalue weighted by molar-refractivity contribution is 0.0474. The van der Waals surface area contributed by atoms with Crippen LogP contribution in [0.5, 0.6) is 11.5 Å². The fourth-order valence-corrected chi connectivity index (χ4v) is 3.91. The molecule has 1 aromatic heterocycles. The summed E-state index contributed by atoms with van der Waals surface area (Å²) in [5.74, 6) is 0.703. The van der Waals surface area contributed by atoms with Gasteiger partial charge in [0, 0.05) is 36.7 Å². The molecule has 1 aliphatic rings. The number of aromatic nitrogens is 1. The van der Waals surface area contributed by atoms with Crippen molar-refractivity contribution in [2.45, 2.75) is 26.5 Å². The Morgan fingerprint density at radius 2 is 1.76 bits per heavy atom. The minimum Gasteiger partial charge on any atom is -0.486 e. The molecule has 1 aliphatic heterocycles. The molecule has 7 nitrogen and oxygen atoms in total. The molecule has 0 N–H and O–H groups in total. The Morgan fingerprint density at radius 3 is 2.45 bits per heavy atom. The van der Waals surface area contributed by atoms with E-state index in [0.29, 0.717) is 24.3 Å². The van der Waals surface area contributed by atoms with Crippen molar-refractivity contribution < 1.29 is 23.8 Å². The number of rotatable bonds is 7. The van der Waals surface area contributed by atoms with Gasteiger partial charge < -0.3 is 23.7 Å². The molecule has 7 heteroatoms. The molecule has 0 saturated carbocycles. The van der Waals surface area contributed by atoms with E-state index in [4.69, 9.17) is 14.2 Å². The monoisotopic (exact) mass is 448 g/mol. The van der Waals surface area contributed by atoms with Crippen LogP contribution in [-0.4, -0.2) is 49.7 Å². The minimum absolute atomic E-state index is 0.171. The molecule has 0 saturated heterocycles. The summed E-state index contributed by atoms with van der Waals surface area (Å²) in [6.45, 7) is 4.51. The molecule has 0 radical (unpaired) electrons. The number of fused-ring (bicyclic) bond motifs is 1. The summed E-state index contributed by atoms with van der Waals surface area (Å²) < 4.78 is 19.2. The third-order valence-electron chi connectivity index (χ3n) is 5.78. The van der Waals surface area contributed by atoms with E-state index in [1.54, 1.807) is 12.1 Å². The van der Waals surface area contributed by atoms with Gasteiger partial charge in [-0.1, -0.05) is 12.1 Å². The number of anilines is 1. The van der Waals surface area contributed by atoms with Crippen molar-refractivity contribution in [1.29, 1.82) is 0 Å². The number of ether oxygens (including phenoxy) is 3. The molecule has 2 aromatic carbocycles. The quantitative estimate of drug-likeness (QED) is 0.401. The Morgan fingerprint density at radius 1 is 1.06 bits per heavy atom. The van der Waals surface area contributed by atoms with Gasteiger partial charge >= 0.3 is 5.97 Å². The number of nitrogens with zero attached hydrogens (tertiary/aromatic N) is 2. The molecule has 33 heavy (non-hydrogen) atoms. The summed E-state index contributed by atoms with van der Waals surface area (Å²) >= 11 is 0. The normalized spacial score (nSPS) is 14.6. The van der Waals surface area contributed by atoms with Crippen LogP contribution in [0.3, 0.4) is 0 Å². The molecule has 2 heterocycles. The van der Waals surface area contributed by atoms with Crippen LogP contribution in [0.1, 0.15) is 32.1 Å². The predicted octanol–water partition coefficient (Wildman–Crippen LogP) is 4.05. The molecule has 0 amide bonds. The van der Waals surface area contributed by atoms with Gasteiger partial charge in [-0.25, -0.2) is 4.79 Å². The van der Waals surface area contributed by atoms with Crippen LogP contribution in [0, 0.1) is 13.8 Å². The molecule has 3 aromatic rings. The molecule has 1 atom stereocenters. The van der Waals surface area contributed by atoms with Gasteiger partial charge in [0.05, 0.1) is 12.1 Å². The first-order valence-corrected chi connectivity index (χ1v) is 10.9. The molecule has 0 bridgehead atoms. The Kier molecular flexibility index (Phi) is 6.40. The summed E-state index contributed by atoms with van der Waals surface area (Å²) in [6, 6.07) is 16.5. The van der Waals surface area contributed by atoms with Crippen LogP contribution >= 0.6 is 0 Å². The van der Waals surface area contributed by atoms with Crippen LogP contribution in [0.4, 0.5) is 5.69 Å². The molecular weight excluding hydrogens is 420 g/mol. The molecule has 0 fully saturated rings. The first-order valence-electron chi connectivity index (χ1n) is 10.9. The molecule has 172 valence electrons. The van der Waals surface area contributed by atoms with Gasteiger partial charge in [-0.3, -0.25) is 4.79 Å². The maximum atomic E-state index is 12.8. The Hall–Kier alpha value is -3.74. The number of hydrogen-bond acceptors (Lipinski definition) is 6. The lowest BCUT2D eigenvalue weighted by Crippen LogP contribution is -2.33. The summed E-state index contributed by atoms with van der Waals surface area (Å²) in [7, 11) is 3.85. The zero-order valence-electron chi connectivity index (χ0n) is 19.3. The van der Waals surface area contributed by atoms with Crippen LogP contribution < -0.4 is 14.4 Å². The third-order valence-corrected chi connectivity index (χ3v) is 5.78. The summed E-state index contributed by atoms with van der Waals surface area (Å²) in [5, 5.41) is 0. The van der Waals surface area contributed by atoms with E-state index in [1.807, 2.05) is 79.9 Å². The summed E-state index contributed by atoms with van der Waals surface area (Å²) in [5.41, 5.74) is 3.68. The highest BCUT2D eigenvalue weighted by atomic mass is 16.6. The van der Waals surface area contributed by atoms with E-state index in [2.05, 4.69) is 0 Å². The van der Waals surface area contributed by atoms with E-state index in [-0.39, 0.29) is 18.5 Å². The number of carbonyl (C=O) groups excluding carboxylic acids is 2. The van der Waals surface area contributed by atoms with Gasteiger partial charge in [-0.2, -0.15) is 0 Å². The number of aryl methyl sites for hydroxylation is 1. The van der Waals surface area contributed by atoms with E-state index in [1.165, 1.54) is 0 Å². The zero-order chi connectivity index (χ0) is 23.5. The topological polar surface area (TPSA) is 70.0 Å². The fourth-order valence-electron chi connectivity index (χ4n) is 3.91. The van der Waals surface area contributed by atoms with Gasteiger partial charge in [0.15, 0.2) is 24.2 Å². The van der Waals surface area contributed by atoms with E-state index >= 15 is 0 Å². The van der Waals surface area contributed by atoms with E-state index < -0.39 is 5.97 Å². The lowest BCUT2D eigenvalue weighted by atomic mass is 10.1. The van der Waals surface area contributed by atoms with Crippen molar-refractivity contribution in [2.75, 3.05) is 32.2 Å². The number of Topliss-reactive ketones (excluding diaryl/α,β-unsaturated/α-hetero) is 1. The molecule has 4 rings (SSSR count). The average molecular weight is 449 g/mol. The predicted molar refractivity (Wildman–Crippen MR) is 126 cm³/mol. The van der Waals surface area contributed by atoms with Gasteiger partial charge in [-0.05, 0) is 56.3 Å². The van der Waals surface area contributed by atoms with Crippen LogP contribution in [0.25, 0.3) is 0 Å². The largest absolute Gasteiger partial charge is 0.486 e. The smallest absolute Gasteiger partial charge is 0.338 e. The van der Waals surface area contributed by atoms with Crippen molar-refractivity contribution in [3.8, 4) is 11.5 Å². The van der Waals surface area contributed by atoms with Gasteiger partial charge in [0.2, 0.25) is 5.78 Å². The van der Waals surface area contributed by atoms with Crippen LogP contribution in [0.15, 0.2) is 54.6 Å². The highest BCUT2D eigenvalue weighted by molar-refractivity contribution is 6.00. The Labute approximate surface area is 193 Å². The second-order valence-corrected chi connectivity index (χ2v) is 8.33. The van der Waals surface area contributed by atoms with Crippen molar-refractivity contribution in [1.82, 2.24) is 4.57 Å². The summed E-state index contributed by atoms with van der Waals surface area (Å²) in [4.78, 5) is 27.1. The SMILES string of the molecule is Cc1cc(C(=O)COC(=O)c2ccc(N(C)C)cc2)c(C)n1CC1COc2ccccc2O1. The molecule has 1 unspecified atom stereocenters. The number of para-hydroxylation sites is 2. The molecule has 0 aliphatic carbocycles. The highest BCUT2D eigenvalue weighted by Gasteiger charge is 2.24. The number of esters is 1. The Bertz CT molecular complexity index is 1160. The average Bonchev–Trinajstić information content (AvgIpc) is 3.10. The minimum atomic E-state index is -0.520. The van der Waals surface area contributed by atoms with Gasteiger partial charge in [-0.15, -0.1) is 0 Å². The van der Waals surface area contributed by atoms with Crippen molar-refractivity contribution >= 4 is 17.4 Å². The van der Waals surface area contributed by atoms with Gasteiger partial charge in [0.25, 0.3) is 0 Å². The molecule has 0 spiro atoms. The number of benzene rings is 2. The van der Waals surface area contributed by atoms with Crippen molar-refractivity contribution in [3.05, 3.63) is 77.1 Å². The standard InChI is InChI=1S/C26H28N2O5/c1-17-13-22(23(29)16-32-26(30)19-9-11-20(12-10-19)27(3)4)18(2)28(17)14-21-15-31-24-7-5-6-8-25(24)33-21/h5-13,21H,14-16H2,1-4H3. The summed E-state index contributed by atoms with van der Waals surface area (Å²) in [6.07, 6.45) is -0.171. The highest BCUT2D eigenvalue weighted by Crippen LogP contribution is 2.31. The lowest BCUT2D eigenvalue weighted by Gasteiger charge is -2.27. The van der Waals surface area contributed by atoms with Gasteiger partial charge in [0.1, 0.15) is 6.61 Å². The number of hydrogen-bond donors (Lipinski definition) is 0. The zero-order valence-corrected chi connectivity index (χ0v) is 19.3. The maximum absolute atomic E-state index is 12.8. The third kappa shape index (κ3) is 4.87. The van der Waals surface area contributed by atoms with E-state index in [0.717, 1.165) is 28.6 Å². The first kappa shape index (κ1) is 22.5. The van der Waals surface area contributed by atoms with Crippen molar-refractivity contribution in [2.24, 2.45) is 0 Å². The Balaban J connectivity index is 1.39. The fraction of sp³-hybridized carbons (Fsp3) is 0.308. The number of carbonyl (C=O) groups is 2. The van der Waals surface area contributed by atoms with Crippen LogP contribution in [-0.2, 0) is 11.3 Å². The molecular formula is C26H28N2O5. The maximum Gasteiger partial charge on any atom is 0.338 e. The first-order chi connectivity index (χ1) is 15.8. The van der Waals surface area contributed by atoms with Crippen LogP contribution in [0.2, 0.25) is 0 Å². The van der Waals surface area contributed by atoms with E-state index in [9.17, 15) is 9.59 Å². The van der Waals surface area contributed by atoms with Crippen molar-refractivity contribution in [3.63, 3.8) is 0 Å². The number of ketones is 1. The second-order valence-electron chi connectivity index (χ2n) is 8.33. The second kappa shape index (κ2) is 9.40.